The van der Waals surface area contributed by atoms with E-state index in [0.29, 0.717) is 24.2 Å². The van der Waals surface area contributed by atoms with Gasteiger partial charge in [-0.05, 0) is 60.0 Å². The van der Waals surface area contributed by atoms with E-state index in [1.165, 1.54) is 34.6 Å². The van der Waals surface area contributed by atoms with Gasteiger partial charge < -0.3 is 10.6 Å². The molecule has 2 amide bonds. The Balaban J connectivity index is 1.40. The van der Waals surface area contributed by atoms with E-state index in [-0.39, 0.29) is 18.0 Å². The van der Waals surface area contributed by atoms with Crippen molar-refractivity contribution in [1.29, 1.82) is 0 Å². The SMILES string of the molecule is O=C(NCc1ccncc1)Nc1ccc(S(=O)(=O)N2CCc3cccc(F)c3C2)cc1. The van der Waals surface area contributed by atoms with Crippen LogP contribution in [-0.2, 0) is 29.5 Å². The predicted octanol–water partition coefficient (Wildman–Crippen LogP) is 3.29. The van der Waals surface area contributed by atoms with Crippen LogP contribution in [0.1, 0.15) is 16.7 Å². The zero-order valence-electron chi connectivity index (χ0n) is 16.6. The van der Waals surface area contributed by atoms with Crippen molar-refractivity contribution >= 4 is 21.7 Å². The first kappa shape index (κ1) is 21.0. The number of fused-ring (bicyclic) bond motifs is 1. The highest BCUT2D eigenvalue weighted by atomic mass is 32.2. The van der Waals surface area contributed by atoms with E-state index >= 15 is 0 Å². The van der Waals surface area contributed by atoms with Gasteiger partial charge in [0.15, 0.2) is 0 Å². The van der Waals surface area contributed by atoms with Gasteiger partial charge in [-0.2, -0.15) is 4.31 Å². The monoisotopic (exact) mass is 440 g/mol. The summed E-state index contributed by atoms with van der Waals surface area (Å²) >= 11 is 0. The molecule has 0 unspecified atom stereocenters. The van der Waals surface area contributed by atoms with Crippen LogP contribution in [0.2, 0.25) is 0 Å². The quantitative estimate of drug-likeness (QED) is 0.637. The van der Waals surface area contributed by atoms with E-state index in [4.69, 9.17) is 0 Å². The molecule has 3 aromatic rings. The Kier molecular flexibility index (Phi) is 5.97. The van der Waals surface area contributed by atoms with Gasteiger partial charge in [-0.1, -0.05) is 12.1 Å². The second kappa shape index (κ2) is 8.83. The molecule has 0 radical (unpaired) electrons. The number of halogens is 1. The van der Waals surface area contributed by atoms with E-state index in [1.807, 2.05) is 6.07 Å². The summed E-state index contributed by atoms with van der Waals surface area (Å²) in [5.74, 6) is -0.394. The van der Waals surface area contributed by atoms with Gasteiger partial charge in [-0.3, -0.25) is 4.98 Å². The van der Waals surface area contributed by atoms with E-state index in [9.17, 15) is 17.6 Å². The van der Waals surface area contributed by atoms with Crippen molar-refractivity contribution in [2.45, 2.75) is 24.4 Å². The number of benzene rings is 2. The van der Waals surface area contributed by atoms with Crippen LogP contribution in [0.4, 0.5) is 14.9 Å². The second-order valence-corrected chi connectivity index (χ2v) is 9.09. The number of hydrogen-bond acceptors (Lipinski definition) is 4. The molecular formula is C22H21FN4O3S. The summed E-state index contributed by atoms with van der Waals surface area (Å²) in [6.45, 7) is 0.631. The number of anilines is 1. The molecule has 4 rings (SSSR count). The largest absolute Gasteiger partial charge is 0.334 e. The topological polar surface area (TPSA) is 91.4 Å². The number of amides is 2. The first-order valence-corrected chi connectivity index (χ1v) is 11.2. The number of carbonyl (C=O) groups is 1. The molecule has 0 atom stereocenters. The van der Waals surface area contributed by atoms with Crippen LogP contribution in [0, 0.1) is 5.82 Å². The maximum absolute atomic E-state index is 14.1. The number of carbonyl (C=O) groups excluding carboxylic acids is 1. The van der Waals surface area contributed by atoms with Crippen molar-refractivity contribution < 1.29 is 17.6 Å². The number of hydrogen-bond donors (Lipinski definition) is 2. The molecule has 1 aromatic heterocycles. The number of nitrogens with zero attached hydrogens (tertiary/aromatic N) is 2. The van der Waals surface area contributed by atoms with Crippen LogP contribution in [0.15, 0.2) is 71.9 Å². The van der Waals surface area contributed by atoms with Gasteiger partial charge in [0.25, 0.3) is 0 Å². The Hall–Kier alpha value is -3.30. The van der Waals surface area contributed by atoms with Crippen LogP contribution in [0.25, 0.3) is 0 Å². The Morgan fingerprint density at radius 3 is 2.55 bits per heavy atom. The summed E-state index contributed by atoms with van der Waals surface area (Å²) in [5, 5.41) is 5.39. The predicted molar refractivity (Wildman–Crippen MR) is 114 cm³/mol. The number of nitrogens with one attached hydrogen (secondary N) is 2. The molecule has 9 heteroatoms. The van der Waals surface area contributed by atoms with Crippen molar-refractivity contribution in [3.05, 3.63) is 89.5 Å². The Morgan fingerprint density at radius 1 is 1.06 bits per heavy atom. The summed E-state index contributed by atoms with van der Waals surface area (Å²) in [6, 6.07) is 13.9. The van der Waals surface area contributed by atoms with Crippen molar-refractivity contribution in [3.63, 3.8) is 0 Å². The summed E-state index contributed by atoms with van der Waals surface area (Å²) in [4.78, 5) is 16.1. The molecule has 1 aliphatic rings. The molecule has 0 spiro atoms. The normalized spacial score (nSPS) is 14.0. The highest BCUT2D eigenvalue weighted by Crippen LogP contribution is 2.27. The Labute approximate surface area is 180 Å². The van der Waals surface area contributed by atoms with Gasteiger partial charge in [-0.25, -0.2) is 17.6 Å². The lowest BCUT2D eigenvalue weighted by molar-refractivity contribution is 0.251. The molecule has 1 aliphatic heterocycles. The Morgan fingerprint density at radius 2 is 1.81 bits per heavy atom. The lowest BCUT2D eigenvalue weighted by Gasteiger charge is -2.28. The molecule has 0 bridgehead atoms. The molecule has 0 fully saturated rings. The molecule has 0 saturated carbocycles. The van der Waals surface area contributed by atoms with Gasteiger partial charge in [0, 0.05) is 43.3 Å². The fraction of sp³-hybridized carbons (Fsp3) is 0.182. The maximum atomic E-state index is 14.1. The van der Waals surface area contributed by atoms with Crippen molar-refractivity contribution in [3.8, 4) is 0 Å². The summed E-state index contributed by atoms with van der Waals surface area (Å²) < 4.78 is 41.4. The summed E-state index contributed by atoms with van der Waals surface area (Å²) in [7, 11) is -3.78. The molecule has 2 N–H and O–H groups in total. The minimum absolute atomic E-state index is 0.00174. The standard InChI is InChI=1S/C22H21FN4O3S/c23-21-3-1-2-17-10-13-27(15-20(17)21)31(29,30)19-6-4-18(5-7-19)26-22(28)25-14-16-8-11-24-12-9-16/h1-9,11-12H,10,13-15H2,(H2,25,26,28). The van der Waals surface area contributed by atoms with Crippen molar-refractivity contribution in [1.82, 2.24) is 14.6 Å². The minimum Gasteiger partial charge on any atom is -0.334 e. The Bertz CT molecular complexity index is 1190. The smallest absolute Gasteiger partial charge is 0.319 e. The third-order valence-electron chi connectivity index (χ3n) is 5.13. The van der Waals surface area contributed by atoms with Crippen LogP contribution >= 0.6 is 0 Å². The summed E-state index contributed by atoms with van der Waals surface area (Å²) in [5.41, 5.74) is 2.62. The van der Waals surface area contributed by atoms with E-state index in [2.05, 4.69) is 15.6 Å². The zero-order chi connectivity index (χ0) is 21.8. The fourth-order valence-corrected chi connectivity index (χ4v) is 4.85. The van der Waals surface area contributed by atoms with Crippen LogP contribution < -0.4 is 10.6 Å². The number of pyridine rings is 1. The number of sulfonamides is 1. The average molecular weight is 441 g/mol. The molecule has 31 heavy (non-hydrogen) atoms. The number of aromatic nitrogens is 1. The number of urea groups is 1. The van der Waals surface area contributed by atoms with Crippen molar-refractivity contribution in [2.24, 2.45) is 0 Å². The third-order valence-corrected chi connectivity index (χ3v) is 6.99. The average Bonchev–Trinajstić information content (AvgIpc) is 2.79. The van der Waals surface area contributed by atoms with Crippen molar-refractivity contribution in [2.75, 3.05) is 11.9 Å². The van der Waals surface area contributed by atoms with Crippen LogP contribution in [-0.4, -0.2) is 30.3 Å². The molecule has 0 aliphatic carbocycles. The summed E-state index contributed by atoms with van der Waals surface area (Å²) in [6.07, 6.45) is 3.75. The van der Waals surface area contributed by atoms with Gasteiger partial charge in [0.2, 0.25) is 10.0 Å². The highest BCUT2D eigenvalue weighted by Gasteiger charge is 2.29. The zero-order valence-corrected chi connectivity index (χ0v) is 17.4. The van der Waals surface area contributed by atoms with E-state index in [0.717, 1.165) is 11.1 Å². The highest BCUT2D eigenvalue weighted by molar-refractivity contribution is 7.89. The van der Waals surface area contributed by atoms with E-state index < -0.39 is 21.9 Å². The van der Waals surface area contributed by atoms with Crippen LogP contribution in [0.5, 0.6) is 0 Å². The van der Waals surface area contributed by atoms with Gasteiger partial charge >= 0.3 is 6.03 Å². The minimum atomic E-state index is -3.78. The second-order valence-electron chi connectivity index (χ2n) is 7.15. The van der Waals surface area contributed by atoms with Gasteiger partial charge in [-0.15, -0.1) is 0 Å². The fourth-order valence-electron chi connectivity index (χ4n) is 3.44. The maximum Gasteiger partial charge on any atom is 0.319 e. The third kappa shape index (κ3) is 4.73. The molecule has 2 aromatic carbocycles. The lowest BCUT2D eigenvalue weighted by atomic mass is 10.0. The molecule has 0 saturated heterocycles. The first-order valence-electron chi connectivity index (χ1n) is 9.74. The van der Waals surface area contributed by atoms with E-state index in [1.54, 1.807) is 30.6 Å². The van der Waals surface area contributed by atoms with Gasteiger partial charge in [0.1, 0.15) is 5.82 Å². The first-order chi connectivity index (χ1) is 14.9. The lowest BCUT2D eigenvalue weighted by Crippen LogP contribution is -2.36. The number of rotatable bonds is 5. The van der Waals surface area contributed by atoms with Crippen LogP contribution in [0.3, 0.4) is 0 Å². The molecule has 160 valence electrons. The molecule has 7 nitrogen and oxygen atoms in total. The molecular weight excluding hydrogens is 419 g/mol. The molecule has 2 heterocycles. The van der Waals surface area contributed by atoms with Gasteiger partial charge in [0.05, 0.1) is 4.90 Å².